The summed E-state index contributed by atoms with van der Waals surface area (Å²) in [5.41, 5.74) is 0.895. The minimum absolute atomic E-state index is 0.194. The molecule has 2 rings (SSSR count). The van der Waals surface area contributed by atoms with E-state index in [1.807, 2.05) is 18.2 Å². The number of hydrogen-bond acceptors (Lipinski definition) is 4. The molecule has 0 spiro atoms. The van der Waals surface area contributed by atoms with E-state index < -0.39 is 5.97 Å². The van der Waals surface area contributed by atoms with Crippen LogP contribution in [0.25, 0.3) is 0 Å². The number of carbonyl (C=O) groups is 2. The van der Waals surface area contributed by atoms with Gasteiger partial charge in [0.05, 0.1) is 0 Å². The van der Waals surface area contributed by atoms with Crippen molar-refractivity contribution in [1.82, 2.24) is 4.90 Å². The molecule has 0 radical (unpaired) electrons. The first kappa shape index (κ1) is 13.2. The van der Waals surface area contributed by atoms with Crippen molar-refractivity contribution < 1.29 is 24.2 Å². The largest absolute Gasteiger partial charge is 0.480 e. The van der Waals surface area contributed by atoms with Gasteiger partial charge in [-0.1, -0.05) is 12.1 Å². The fraction of sp³-hybridized carbons (Fsp3) is 0.385. The molecule has 0 saturated heterocycles. The standard InChI is InChI=1S/C13H15NO5/c1-14(7-12(16)17)11(15)6-5-9-3-2-4-10-13(9)19-8-18-10/h2-4H,5-8H2,1H3,(H,16,17). The van der Waals surface area contributed by atoms with Crippen molar-refractivity contribution in [2.45, 2.75) is 12.8 Å². The summed E-state index contributed by atoms with van der Waals surface area (Å²) in [5, 5.41) is 8.61. The number of carboxylic acid groups (broad SMARTS) is 1. The second-order valence-corrected chi connectivity index (χ2v) is 4.29. The fourth-order valence-corrected chi connectivity index (χ4v) is 1.91. The molecule has 1 heterocycles. The molecular weight excluding hydrogens is 250 g/mol. The van der Waals surface area contributed by atoms with E-state index in [2.05, 4.69) is 0 Å². The summed E-state index contributed by atoms with van der Waals surface area (Å²) >= 11 is 0. The Hall–Kier alpha value is -2.24. The van der Waals surface area contributed by atoms with Crippen LogP contribution in [0.15, 0.2) is 18.2 Å². The second-order valence-electron chi connectivity index (χ2n) is 4.29. The molecule has 102 valence electrons. The highest BCUT2D eigenvalue weighted by Crippen LogP contribution is 2.35. The molecule has 0 aliphatic carbocycles. The molecule has 1 aromatic rings. The first-order valence-electron chi connectivity index (χ1n) is 5.91. The number of hydrogen-bond donors (Lipinski definition) is 1. The SMILES string of the molecule is CN(CC(=O)O)C(=O)CCc1cccc2c1OCO2. The summed E-state index contributed by atoms with van der Waals surface area (Å²) < 4.78 is 10.6. The number of rotatable bonds is 5. The van der Waals surface area contributed by atoms with Crippen LogP contribution in [0.4, 0.5) is 0 Å². The predicted molar refractivity (Wildman–Crippen MR) is 66.2 cm³/mol. The van der Waals surface area contributed by atoms with E-state index >= 15 is 0 Å². The van der Waals surface area contributed by atoms with Crippen molar-refractivity contribution in [2.24, 2.45) is 0 Å². The summed E-state index contributed by atoms with van der Waals surface area (Å²) in [5.74, 6) is 0.132. The quantitative estimate of drug-likeness (QED) is 0.855. The average Bonchev–Trinajstić information content (AvgIpc) is 2.83. The van der Waals surface area contributed by atoms with Gasteiger partial charge in [-0.25, -0.2) is 0 Å². The van der Waals surface area contributed by atoms with Crippen LogP contribution in [0.1, 0.15) is 12.0 Å². The molecule has 1 N–H and O–H groups in total. The Kier molecular flexibility index (Phi) is 3.89. The van der Waals surface area contributed by atoms with Crippen LogP contribution >= 0.6 is 0 Å². The Morgan fingerprint density at radius 3 is 2.89 bits per heavy atom. The highest BCUT2D eigenvalue weighted by Gasteiger charge is 2.18. The van der Waals surface area contributed by atoms with E-state index in [9.17, 15) is 9.59 Å². The fourth-order valence-electron chi connectivity index (χ4n) is 1.91. The summed E-state index contributed by atoms with van der Waals surface area (Å²) in [6.45, 7) is -0.0927. The molecule has 0 aromatic heterocycles. The minimum Gasteiger partial charge on any atom is -0.480 e. The van der Waals surface area contributed by atoms with Gasteiger partial charge in [-0.15, -0.1) is 0 Å². The predicted octanol–water partition coefficient (Wildman–Crippen LogP) is 0.891. The second kappa shape index (κ2) is 5.60. The molecule has 1 aliphatic rings. The number of para-hydroxylation sites is 1. The van der Waals surface area contributed by atoms with Gasteiger partial charge in [-0.2, -0.15) is 0 Å². The first-order valence-corrected chi connectivity index (χ1v) is 5.91. The van der Waals surface area contributed by atoms with Crippen LogP contribution in [-0.2, 0) is 16.0 Å². The normalized spacial score (nSPS) is 12.3. The Labute approximate surface area is 110 Å². The van der Waals surface area contributed by atoms with Crippen LogP contribution in [0.3, 0.4) is 0 Å². The Bertz CT molecular complexity index is 500. The lowest BCUT2D eigenvalue weighted by atomic mass is 10.1. The topological polar surface area (TPSA) is 76.1 Å². The molecule has 1 aliphatic heterocycles. The number of likely N-dealkylation sites (N-methyl/N-ethyl adjacent to an activating group) is 1. The maximum absolute atomic E-state index is 11.7. The number of aliphatic carboxylic acids is 1. The molecule has 1 aromatic carbocycles. The Balaban J connectivity index is 1.94. The van der Waals surface area contributed by atoms with E-state index in [0.717, 1.165) is 5.56 Å². The van der Waals surface area contributed by atoms with Gasteiger partial charge in [-0.3, -0.25) is 9.59 Å². The molecule has 0 unspecified atom stereocenters. The number of ether oxygens (including phenoxy) is 2. The number of fused-ring (bicyclic) bond motifs is 1. The van der Waals surface area contributed by atoms with Gasteiger partial charge in [0, 0.05) is 13.5 Å². The zero-order valence-electron chi connectivity index (χ0n) is 10.6. The maximum atomic E-state index is 11.7. The van der Waals surface area contributed by atoms with Crippen molar-refractivity contribution in [3.05, 3.63) is 23.8 Å². The van der Waals surface area contributed by atoms with Crippen LogP contribution in [0.2, 0.25) is 0 Å². The molecule has 19 heavy (non-hydrogen) atoms. The van der Waals surface area contributed by atoms with Crippen LogP contribution < -0.4 is 9.47 Å². The third kappa shape index (κ3) is 3.15. The summed E-state index contributed by atoms with van der Waals surface area (Å²) in [6, 6.07) is 5.52. The molecular formula is C13H15NO5. The monoisotopic (exact) mass is 265 g/mol. The van der Waals surface area contributed by atoms with Crippen molar-refractivity contribution in [2.75, 3.05) is 20.4 Å². The number of carboxylic acids is 1. The first-order chi connectivity index (χ1) is 9.08. The summed E-state index contributed by atoms with van der Waals surface area (Å²) in [6.07, 6.45) is 0.735. The lowest BCUT2D eigenvalue weighted by Crippen LogP contribution is -2.32. The Morgan fingerprint density at radius 1 is 1.37 bits per heavy atom. The lowest BCUT2D eigenvalue weighted by Gasteiger charge is -2.14. The van der Waals surface area contributed by atoms with Crippen molar-refractivity contribution >= 4 is 11.9 Å². The van der Waals surface area contributed by atoms with E-state index in [-0.39, 0.29) is 25.7 Å². The molecule has 0 bridgehead atoms. The molecule has 1 amide bonds. The molecule has 0 saturated carbocycles. The van der Waals surface area contributed by atoms with Gasteiger partial charge in [0.15, 0.2) is 11.5 Å². The number of carbonyl (C=O) groups excluding carboxylic acids is 1. The number of aryl methyl sites for hydroxylation is 1. The molecule has 0 atom stereocenters. The Morgan fingerprint density at radius 2 is 2.16 bits per heavy atom. The van der Waals surface area contributed by atoms with Crippen LogP contribution in [0.5, 0.6) is 11.5 Å². The van der Waals surface area contributed by atoms with Crippen molar-refractivity contribution in [3.63, 3.8) is 0 Å². The van der Waals surface area contributed by atoms with Crippen molar-refractivity contribution in [3.8, 4) is 11.5 Å². The van der Waals surface area contributed by atoms with Gasteiger partial charge in [0.2, 0.25) is 12.7 Å². The number of amides is 1. The van der Waals surface area contributed by atoms with E-state index in [1.54, 1.807) is 0 Å². The van der Waals surface area contributed by atoms with E-state index in [4.69, 9.17) is 14.6 Å². The molecule has 6 heteroatoms. The third-order valence-electron chi connectivity index (χ3n) is 2.88. The lowest BCUT2D eigenvalue weighted by molar-refractivity contribution is -0.143. The zero-order chi connectivity index (χ0) is 13.8. The van der Waals surface area contributed by atoms with Gasteiger partial charge >= 0.3 is 5.97 Å². The van der Waals surface area contributed by atoms with E-state index in [1.165, 1.54) is 11.9 Å². The zero-order valence-corrected chi connectivity index (χ0v) is 10.6. The third-order valence-corrected chi connectivity index (χ3v) is 2.88. The smallest absolute Gasteiger partial charge is 0.323 e. The molecule has 0 fully saturated rings. The van der Waals surface area contributed by atoms with E-state index in [0.29, 0.717) is 17.9 Å². The number of benzene rings is 1. The molecule has 6 nitrogen and oxygen atoms in total. The van der Waals surface area contributed by atoms with Crippen LogP contribution in [-0.4, -0.2) is 42.3 Å². The van der Waals surface area contributed by atoms with Gasteiger partial charge in [0.25, 0.3) is 0 Å². The minimum atomic E-state index is -1.02. The summed E-state index contributed by atoms with van der Waals surface area (Å²) in [4.78, 5) is 23.5. The highest BCUT2D eigenvalue weighted by molar-refractivity contribution is 5.81. The summed E-state index contributed by atoms with van der Waals surface area (Å²) in [7, 11) is 1.48. The number of nitrogens with zero attached hydrogens (tertiary/aromatic N) is 1. The van der Waals surface area contributed by atoms with Gasteiger partial charge < -0.3 is 19.5 Å². The highest BCUT2D eigenvalue weighted by atomic mass is 16.7. The average molecular weight is 265 g/mol. The maximum Gasteiger partial charge on any atom is 0.323 e. The van der Waals surface area contributed by atoms with Crippen LogP contribution in [0, 0.1) is 0 Å². The van der Waals surface area contributed by atoms with Gasteiger partial charge in [0.1, 0.15) is 6.54 Å². The van der Waals surface area contributed by atoms with Crippen molar-refractivity contribution in [1.29, 1.82) is 0 Å². The van der Waals surface area contributed by atoms with Gasteiger partial charge in [-0.05, 0) is 18.1 Å².